The van der Waals surface area contributed by atoms with Crippen LogP contribution in [0.15, 0.2) is 18.6 Å². The van der Waals surface area contributed by atoms with Gasteiger partial charge in [-0.3, -0.25) is 14.4 Å². The first-order valence-corrected chi connectivity index (χ1v) is 8.15. The SMILES string of the molecule is CN(C(=O)c1ccncn1)C1CC(NC(=O)C2CCC(=O)NC2)C1. The summed E-state index contributed by atoms with van der Waals surface area (Å²) in [6.07, 6.45) is 5.37. The number of rotatable bonds is 4. The van der Waals surface area contributed by atoms with Crippen LogP contribution in [0.25, 0.3) is 0 Å². The third-order valence-electron chi connectivity index (χ3n) is 4.76. The van der Waals surface area contributed by atoms with Crippen LogP contribution in [0.1, 0.15) is 36.2 Å². The van der Waals surface area contributed by atoms with Crippen LogP contribution in [0.3, 0.4) is 0 Å². The number of piperidine rings is 1. The minimum absolute atomic E-state index is 0.00705. The van der Waals surface area contributed by atoms with Gasteiger partial charge in [-0.1, -0.05) is 0 Å². The molecule has 1 aliphatic heterocycles. The predicted molar refractivity (Wildman–Crippen MR) is 84.8 cm³/mol. The van der Waals surface area contributed by atoms with Gasteiger partial charge in [0.1, 0.15) is 12.0 Å². The van der Waals surface area contributed by atoms with E-state index in [4.69, 9.17) is 0 Å². The first-order valence-electron chi connectivity index (χ1n) is 8.15. The molecule has 24 heavy (non-hydrogen) atoms. The van der Waals surface area contributed by atoms with Crippen molar-refractivity contribution in [1.82, 2.24) is 25.5 Å². The van der Waals surface area contributed by atoms with Gasteiger partial charge < -0.3 is 15.5 Å². The quantitative estimate of drug-likeness (QED) is 0.790. The predicted octanol–water partition coefficient (Wildman–Crippen LogP) is -0.278. The highest BCUT2D eigenvalue weighted by molar-refractivity contribution is 5.92. The summed E-state index contributed by atoms with van der Waals surface area (Å²) in [5, 5.41) is 5.73. The van der Waals surface area contributed by atoms with Gasteiger partial charge in [-0.2, -0.15) is 0 Å². The number of carbonyl (C=O) groups is 3. The van der Waals surface area contributed by atoms with Gasteiger partial charge in [0.25, 0.3) is 5.91 Å². The van der Waals surface area contributed by atoms with Crippen molar-refractivity contribution in [2.75, 3.05) is 13.6 Å². The molecular weight excluding hydrogens is 310 g/mol. The fraction of sp³-hybridized carbons (Fsp3) is 0.562. The van der Waals surface area contributed by atoms with E-state index in [-0.39, 0.29) is 35.7 Å². The Labute approximate surface area is 140 Å². The second-order valence-corrected chi connectivity index (χ2v) is 6.38. The second kappa shape index (κ2) is 6.94. The molecule has 8 heteroatoms. The molecule has 2 heterocycles. The lowest BCUT2D eigenvalue weighted by Gasteiger charge is -2.41. The molecule has 3 amide bonds. The van der Waals surface area contributed by atoms with Crippen LogP contribution in [0.4, 0.5) is 0 Å². The largest absolute Gasteiger partial charge is 0.355 e. The number of hydrogen-bond acceptors (Lipinski definition) is 5. The molecule has 2 fully saturated rings. The van der Waals surface area contributed by atoms with Crippen LogP contribution in [-0.4, -0.2) is 58.3 Å². The number of amides is 3. The highest BCUT2D eigenvalue weighted by atomic mass is 16.2. The molecule has 1 aromatic rings. The number of nitrogens with zero attached hydrogens (tertiary/aromatic N) is 3. The number of nitrogens with one attached hydrogen (secondary N) is 2. The number of aromatic nitrogens is 2. The zero-order chi connectivity index (χ0) is 17.1. The Morgan fingerprint density at radius 3 is 2.79 bits per heavy atom. The van der Waals surface area contributed by atoms with Crippen molar-refractivity contribution in [3.8, 4) is 0 Å². The molecular formula is C16H21N5O3. The lowest BCUT2D eigenvalue weighted by Crippen LogP contribution is -2.56. The Morgan fingerprint density at radius 1 is 1.38 bits per heavy atom. The molecule has 0 bridgehead atoms. The lowest BCUT2D eigenvalue weighted by molar-refractivity contribution is -0.130. The van der Waals surface area contributed by atoms with Crippen molar-refractivity contribution in [3.05, 3.63) is 24.3 Å². The standard InChI is InChI=1S/C16H21N5O3/c1-21(16(24)13-4-5-17-9-19-13)12-6-11(7-12)20-15(23)10-2-3-14(22)18-8-10/h4-5,9-12H,2-3,6-8H2,1H3,(H,18,22)(H,20,23). The maximum atomic E-state index is 12.3. The third kappa shape index (κ3) is 3.52. The summed E-state index contributed by atoms with van der Waals surface area (Å²) in [4.78, 5) is 45.0. The zero-order valence-corrected chi connectivity index (χ0v) is 13.6. The molecule has 1 saturated carbocycles. The highest BCUT2D eigenvalue weighted by Gasteiger charge is 2.37. The van der Waals surface area contributed by atoms with Gasteiger partial charge in [0, 0.05) is 38.3 Å². The van der Waals surface area contributed by atoms with Gasteiger partial charge in [-0.05, 0) is 25.3 Å². The van der Waals surface area contributed by atoms with E-state index in [9.17, 15) is 14.4 Å². The minimum atomic E-state index is -0.151. The van der Waals surface area contributed by atoms with Gasteiger partial charge in [-0.25, -0.2) is 9.97 Å². The molecule has 1 aliphatic carbocycles. The normalized spacial score (nSPS) is 26.0. The summed E-state index contributed by atoms with van der Waals surface area (Å²) in [5.74, 6) is -0.292. The molecule has 1 saturated heterocycles. The van der Waals surface area contributed by atoms with E-state index in [1.165, 1.54) is 6.33 Å². The molecule has 2 aliphatic rings. The van der Waals surface area contributed by atoms with E-state index < -0.39 is 0 Å². The van der Waals surface area contributed by atoms with Crippen molar-refractivity contribution in [2.45, 2.75) is 37.8 Å². The molecule has 1 atom stereocenters. The minimum Gasteiger partial charge on any atom is -0.355 e. The van der Waals surface area contributed by atoms with E-state index in [0.717, 1.165) is 12.8 Å². The van der Waals surface area contributed by atoms with Crippen LogP contribution in [0.2, 0.25) is 0 Å². The van der Waals surface area contributed by atoms with Crippen LogP contribution >= 0.6 is 0 Å². The van der Waals surface area contributed by atoms with Crippen molar-refractivity contribution in [3.63, 3.8) is 0 Å². The lowest BCUT2D eigenvalue weighted by atomic mass is 9.84. The molecule has 1 unspecified atom stereocenters. The van der Waals surface area contributed by atoms with E-state index in [2.05, 4.69) is 20.6 Å². The molecule has 1 aromatic heterocycles. The maximum Gasteiger partial charge on any atom is 0.272 e. The monoisotopic (exact) mass is 331 g/mol. The van der Waals surface area contributed by atoms with Crippen LogP contribution in [0, 0.1) is 5.92 Å². The average molecular weight is 331 g/mol. The first kappa shape index (κ1) is 16.4. The van der Waals surface area contributed by atoms with E-state index in [1.807, 2.05) is 0 Å². The molecule has 3 rings (SSSR count). The van der Waals surface area contributed by atoms with Crippen LogP contribution in [-0.2, 0) is 9.59 Å². The first-order chi connectivity index (χ1) is 11.5. The zero-order valence-electron chi connectivity index (χ0n) is 13.6. The molecule has 0 spiro atoms. The molecule has 128 valence electrons. The third-order valence-corrected chi connectivity index (χ3v) is 4.76. The molecule has 2 N–H and O–H groups in total. The van der Waals surface area contributed by atoms with Gasteiger partial charge in [-0.15, -0.1) is 0 Å². The summed E-state index contributed by atoms with van der Waals surface area (Å²) in [5.41, 5.74) is 0.373. The van der Waals surface area contributed by atoms with E-state index in [0.29, 0.717) is 25.1 Å². The van der Waals surface area contributed by atoms with Gasteiger partial charge in [0.15, 0.2) is 0 Å². The molecule has 0 aromatic carbocycles. The smallest absolute Gasteiger partial charge is 0.272 e. The summed E-state index contributed by atoms with van der Waals surface area (Å²) < 4.78 is 0. The summed E-state index contributed by atoms with van der Waals surface area (Å²) in [6, 6.07) is 1.78. The van der Waals surface area contributed by atoms with Crippen molar-refractivity contribution in [2.24, 2.45) is 5.92 Å². The second-order valence-electron chi connectivity index (χ2n) is 6.38. The van der Waals surface area contributed by atoms with Crippen molar-refractivity contribution < 1.29 is 14.4 Å². The topological polar surface area (TPSA) is 104 Å². The number of hydrogen-bond donors (Lipinski definition) is 2. The summed E-state index contributed by atoms with van der Waals surface area (Å²) >= 11 is 0. The summed E-state index contributed by atoms with van der Waals surface area (Å²) in [6.45, 7) is 0.410. The van der Waals surface area contributed by atoms with Crippen molar-refractivity contribution in [1.29, 1.82) is 0 Å². The Balaban J connectivity index is 1.44. The Bertz CT molecular complexity index is 620. The fourth-order valence-corrected chi connectivity index (χ4v) is 3.06. The Morgan fingerprint density at radius 2 is 2.17 bits per heavy atom. The number of carbonyl (C=O) groups excluding carboxylic acids is 3. The highest BCUT2D eigenvalue weighted by Crippen LogP contribution is 2.26. The van der Waals surface area contributed by atoms with E-state index >= 15 is 0 Å². The van der Waals surface area contributed by atoms with Crippen LogP contribution < -0.4 is 10.6 Å². The molecule has 0 radical (unpaired) electrons. The average Bonchev–Trinajstić information content (AvgIpc) is 2.57. The van der Waals surface area contributed by atoms with E-state index in [1.54, 1.807) is 24.2 Å². The Kier molecular flexibility index (Phi) is 4.73. The Hall–Kier alpha value is -2.51. The van der Waals surface area contributed by atoms with Gasteiger partial charge in [0.2, 0.25) is 11.8 Å². The van der Waals surface area contributed by atoms with Crippen molar-refractivity contribution >= 4 is 17.7 Å². The van der Waals surface area contributed by atoms with Gasteiger partial charge >= 0.3 is 0 Å². The van der Waals surface area contributed by atoms with Gasteiger partial charge in [0.05, 0.1) is 5.92 Å². The van der Waals surface area contributed by atoms with Crippen LogP contribution in [0.5, 0.6) is 0 Å². The molecule has 8 nitrogen and oxygen atoms in total. The maximum absolute atomic E-state index is 12.3. The fourth-order valence-electron chi connectivity index (χ4n) is 3.06. The summed E-state index contributed by atoms with van der Waals surface area (Å²) in [7, 11) is 1.75.